The molecule has 2 aromatic carbocycles. The van der Waals surface area contributed by atoms with Crippen LogP contribution in [0.15, 0.2) is 72.2 Å². The summed E-state index contributed by atoms with van der Waals surface area (Å²) in [5.74, 6) is 0.779. The highest BCUT2D eigenvalue weighted by Gasteiger charge is 2.31. The molecule has 0 atom stereocenters. The van der Waals surface area contributed by atoms with Gasteiger partial charge in [0.1, 0.15) is 12.2 Å². The lowest BCUT2D eigenvalue weighted by Gasteiger charge is -2.10. The summed E-state index contributed by atoms with van der Waals surface area (Å²) in [7, 11) is 0. The number of alkyl halides is 6. The number of amidine groups is 1. The number of halogens is 6. The van der Waals surface area contributed by atoms with Gasteiger partial charge in [0, 0.05) is 47.4 Å². The van der Waals surface area contributed by atoms with Crippen LogP contribution in [0.5, 0.6) is 0 Å². The molecule has 0 aliphatic carbocycles. The van der Waals surface area contributed by atoms with Crippen molar-refractivity contribution < 1.29 is 26.3 Å². The molecule has 2 aromatic heterocycles. The average Bonchev–Trinajstić information content (AvgIpc) is 3.57. The van der Waals surface area contributed by atoms with Crippen molar-refractivity contribution in [2.75, 3.05) is 13.1 Å². The van der Waals surface area contributed by atoms with Crippen LogP contribution in [0.1, 0.15) is 16.7 Å². The molecule has 3 heterocycles. The van der Waals surface area contributed by atoms with Gasteiger partial charge in [0.2, 0.25) is 0 Å². The van der Waals surface area contributed by atoms with Gasteiger partial charge in [0.05, 0.1) is 17.7 Å². The van der Waals surface area contributed by atoms with Crippen molar-refractivity contribution >= 4 is 17.6 Å². The van der Waals surface area contributed by atoms with Crippen molar-refractivity contribution in [2.24, 2.45) is 4.99 Å². The fraction of sp³-hybridized carbons (Fsp3) is 0.160. The van der Waals surface area contributed by atoms with Gasteiger partial charge in [0.15, 0.2) is 11.6 Å². The third kappa shape index (κ3) is 5.26. The van der Waals surface area contributed by atoms with E-state index in [1.807, 2.05) is 0 Å². The Morgan fingerprint density at radius 1 is 0.816 bits per heavy atom. The van der Waals surface area contributed by atoms with E-state index < -0.39 is 23.5 Å². The van der Waals surface area contributed by atoms with Crippen molar-refractivity contribution in [3.8, 4) is 22.8 Å². The molecule has 0 saturated heterocycles. The molecule has 4 aromatic rings. The highest BCUT2D eigenvalue weighted by atomic mass is 19.4. The zero-order valence-corrected chi connectivity index (χ0v) is 19.3. The summed E-state index contributed by atoms with van der Waals surface area (Å²) in [6.07, 6.45) is -2.98. The van der Waals surface area contributed by atoms with Crippen LogP contribution in [0.4, 0.5) is 26.3 Å². The predicted molar refractivity (Wildman–Crippen MR) is 127 cm³/mol. The molecule has 0 unspecified atom stereocenters. The summed E-state index contributed by atoms with van der Waals surface area (Å²) in [5.41, 5.74) is 0.0625. The molecule has 13 heteroatoms. The topological polar surface area (TPSA) is 80.9 Å². The molecular formula is C25H17F6N7. The highest BCUT2D eigenvalue weighted by molar-refractivity contribution is 6.26. The molecule has 0 saturated carbocycles. The van der Waals surface area contributed by atoms with E-state index >= 15 is 0 Å². The monoisotopic (exact) mass is 529 g/mol. The van der Waals surface area contributed by atoms with Gasteiger partial charge in [-0.05, 0) is 24.3 Å². The number of benzene rings is 2. The van der Waals surface area contributed by atoms with E-state index in [1.54, 1.807) is 18.6 Å². The Labute approximate surface area is 211 Å². The summed E-state index contributed by atoms with van der Waals surface area (Å²) in [4.78, 5) is 17.0. The van der Waals surface area contributed by atoms with E-state index in [9.17, 15) is 26.3 Å². The van der Waals surface area contributed by atoms with Crippen LogP contribution >= 0.6 is 0 Å². The van der Waals surface area contributed by atoms with Crippen LogP contribution in [0.2, 0.25) is 0 Å². The van der Waals surface area contributed by atoms with Gasteiger partial charge in [-0.2, -0.15) is 26.3 Å². The number of hydrogen-bond acceptors (Lipinski definition) is 6. The van der Waals surface area contributed by atoms with Crippen molar-refractivity contribution in [2.45, 2.75) is 12.4 Å². The van der Waals surface area contributed by atoms with Crippen molar-refractivity contribution in [3.63, 3.8) is 0 Å². The minimum absolute atomic E-state index is 0.0786. The molecule has 7 nitrogen and oxygen atoms in total. The number of rotatable bonds is 5. The van der Waals surface area contributed by atoms with Gasteiger partial charge in [0.25, 0.3) is 0 Å². The van der Waals surface area contributed by atoms with Crippen LogP contribution < -0.4 is 5.32 Å². The van der Waals surface area contributed by atoms with Crippen LogP contribution in [0.3, 0.4) is 0 Å². The van der Waals surface area contributed by atoms with E-state index in [0.29, 0.717) is 41.2 Å². The second-order valence-electron chi connectivity index (χ2n) is 8.18. The number of aromatic nitrogens is 5. The van der Waals surface area contributed by atoms with Crippen molar-refractivity contribution in [3.05, 3.63) is 83.9 Å². The van der Waals surface area contributed by atoms with Crippen LogP contribution in [-0.2, 0) is 12.4 Å². The van der Waals surface area contributed by atoms with Gasteiger partial charge >= 0.3 is 12.4 Å². The normalized spacial score (nSPS) is 14.4. The van der Waals surface area contributed by atoms with Gasteiger partial charge in [-0.15, -0.1) is 5.10 Å². The van der Waals surface area contributed by atoms with Gasteiger partial charge in [-0.1, -0.05) is 24.3 Å². The second kappa shape index (κ2) is 9.72. The Hall–Kier alpha value is -4.55. The van der Waals surface area contributed by atoms with Crippen LogP contribution in [0, 0.1) is 0 Å². The van der Waals surface area contributed by atoms with Crippen molar-refractivity contribution in [1.82, 2.24) is 30.0 Å². The lowest BCUT2D eigenvalue weighted by molar-refractivity contribution is -0.138. The molecule has 0 fully saturated rings. The fourth-order valence-electron chi connectivity index (χ4n) is 3.76. The predicted octanol–water partition coefficient (Wildman–Crippen LogP) is 5.44. The Morgan fingerprint density at radius 2 is 1.39 bits per heavy atom. The average molecular weight is 529 g/mol. The molecule has 1 aliphatic heterocycles. The second-order valence-corrected chi connectivity index (χ2v) is 8.18. The first-order valence-electron chi connectivity index (χ1n) is 11.2. The molecule has 0 bridgehead atoms. The van der Waals surface area contributed by atoms with Crippen LogP contribution in [-0.4, -0.2) is 43.7 Å². The largest absolute Gasteiger partial charge is 0.416 e. The SMILES string of the molecule is FC(F)(F)c1ccc(-c2nc(-c3ccc(C(F)(F)F)cc3)n(/C=C(/C3=NCCN3)c3cncnc3)n2)cc1. The van der Waals surface area contributed by atoms with Crippen LogP contribution in [0.25, 0.3) is 34.5 Å². The zero-order chi connectivity index (χ0) is 26.9. The van der Waals surface area contributed by atoms with E-state index in [1.165, 1.54) is 35.3 Å². The first kappa shape index (κ1) is 25.1. The summed E-state index contributed by atoms with van der Waals surface area (Å²) < 4.78 is 79.8. The maximum Gasteiger partial charge on any atom is 0.416 e. The lowest BCUT2D eigenvalue weighted by atomic mass is 10.1. The third-order valence-corrected chi connectivity index (χ3v) is 5.62. The highest BCUT2D eigenvalue weighted by Crippen LogP contribution is 2.33. The minimum atomic E-state index is -4.52. The summed E-state index contributed by atoms with van der Waals surface area (Å²) in [6, 6.07) is 8.64. The zero-order valence-electron chi connectivity index (χ0n) is 19.3. The summed E-state index contributed by atoms with van der Waals surface area (Å²) >= 11 is 0. The Bertz CT molecular complexity index is 1490. The number of aliphatic imine (C=N–C) groups is 1. The van der Waals surface area contributed by atoms with E-state index in [0.717, 1.165) is 24.3 Å². The molecule has 1 aliphatic rings. The number of nitrogens with one attached hydrogen (secondary N) is 1. The molecule has 1 N–H and O–H groups in total. The van der Waals surface area contributed by atoms with Gasteiger partial charge in [-0.3, -0.25) is 4.99 Å². The smallest absolute Gasteiger partial charge is 0.368 e. The van der Waals surface area contributed by atoms with Gasteiger partial charge in [-0.25, -0.2) is 19.6 Å². The summed E-state index contributed by atoms with van der Waals surface area (Å²) in [5, 5.41) is 7.61. The molecule has 5 rings (SSSR count). The molecule has 194 valence electrons. The number of nitrogens with zero attached hydrogens (tertiary/aromatic N) is 6. The third-order valence-electron chi connectivity index (χ3n) is 5.62. The van der Waals surface area contributed by atoms with Crippen molar-refractivity contribution in [1.29, 1.82) is 0 Å². The minimum Gasteiger partial charge on any atom is -0.368 e. The molecular weight excluding hydrogens is 512 g/mol. The Balaban J connectivity index is 1.65. The standard InChI is InChI=1S/C25H17F6N7/c26-24(27,28)18-5-1-15(2-6-18)21-36-23(16-3-7-19(8-4-16)25(29,30)31)38(37-21)13-20(22-34-9-10-35-22)17-11-32-14-33-12-17/h1-8,11-14H,9-10H2,(H,34,35)/b20-13+. The quantitative estimate of drug-likeness (QED) is 0.349. The first-order valence-corrected chi connectivity index (χ1v) is 11.2. The number of hydrogen-bond donors (Lipinski definition) is 1. The summed E-state index contributed by atoms with van der Waals surface area (Å²) in [6.45, 7) is 1.13. The van der Waals surface area contributed by atoms with Gasteiger partial charge < -0.3 is 5.32 Å². The maximum atomic E-state index is 13.1. The maximum absolute atomic E-state index is 13.1. The molecule has 0 spiro atoms. The van der Waals surface area contributed by atoms with E-state index in [2.05, 4.69) is 30.4 Å². The Morgan fingerprint density at radius 3 is 1.92 bits per heavy atom. The van der Waals surface area contributed by atoms with E-state index in [-0.39, 0.29) is 11.6 Å². The lowest BCUT2D eigenvalue weighted by Crippen LogP contribution is -2.20. The molecule has 0 radical (unpaired) electrons. The Kier molecular flexibility index (Phi) is 6.43. The fourth-order valence-corrected chi connectivity index (χ4v) is 3.76. The molecule has 38 heavy (non-hydrogen) atoms. The first-order chi connectivity index (χ1) is 18.1. The molecule has 0 amide bonds. The van der Waals surface area contributed by atoms with E-state index in [4.69, 9.17) is 0 Å².